The van der Waals surface area contributed by atoms with Gasteiger partial charge in [0.25, 0.3) is 0 Å². The Hall–Kier alpha value is -1.20. The van der Waals surface area contributed by atoms with Crippen LogP contribution in [-0.4, -0.2) is 18.0 Å². The molecule has 0 saturated carbocycles. The van der Waals surface area contributed by atoms with Crippen molar-refractivity contribution in [3.05, 3.63) is 24.0 Å². The number of nitrogens with zero attached hydrogens (tertiary/aromatic N) is 1. The first-order valence-electron chi connectivity index (χ1n) is 3.91. The van der Waals surface area contributed by atoms with Crippen molar-refractivity contribution in [2.45, 2.75) is 6.42 Å². The van der Waals surface area contributed by atoms with Crippen molar-refractivity contribution in [3.8, 4) is 17.6 Å². The number of ether oxygens (including phenoxy) is 1. The van der Waals surface area contributed by atoms with E-state index < -0.39 is 0 Å². The number of hydrogen-bond donors (Lipinski definition) is 0. The van der Waals surface area contributed by atoms with Gasteiger partial charge in [-0.05, 0) is 6.07 Å². The van der Waals surface area contributed by atoms with Gasteiger partial charge in [-0.15, -0.1) is 11.6 Å². The maximum atomic E-state index is 5.49. The van der Waals surface area contributed by atoms with Gasteiger partial charge in [0.1, 0.15) is 5.75 Å². The second kappa shape index (κ2) is 5.45. The SMILES string of the molecule is COc1ccncc1C#CCCCl. The standard InChI is InChI=1S/C10H10ClNO/c1-13-10-5-7-12-8-9(10)4-2-3-6-11/h5,7-8H,3,6H2,1H3. The zero-order valence-electron chi connectivity index (χ0n) is 7.38. The van der Waals surface area contributed by atoms with Crippen LogP contribution in [0, 0.1) is 11.8 Å². The zero-order chi connectivity index (χ0) is 9.52. The Morgan fingerprint density at radius 2 is 2.46 bits per heavy atom. The maximum absolute atomic E-state index is 5.49. The zero-order valence-corrected chi connectivity index (χ0v) is 8.14. The van der Waals surface area contributed by atoms with Gasteiger partial charge in [0.2, 0.25) is 0 Å². The summed E-state index contributed by atoms with van der Waals surface area (Å²) < 4.78 is 5.10. The average molecular weight is 196 g/mol. The van der Waals surface area contributed by atoms with Crippen LogP contribution in [0.3, 0.4) is 0 Å². The molecule has 2 nitrogen and oxygen atoms in total. The number of halogens is 1. The highest BCUT2D eigenvalue weighted by atomic mass is 35.5. The van der Waals surface area contributed by atoms with E-state index >= 15 is 0 Å². The molecule has 0 amide bonds. The molecule has 0 N–H and O–H groups in total. The lowest BCUT2D eigenvalue weighted by Crippen LogP contribution is -1.88. The molecule has 0 atom stereocenters. The fourth-order valence-electron chi connectivity index (χ4n) is 0.859. The van der Waals surface area contributed by atoms with Crippen molar-refractivity contribution in [3.63, 3.8) is 0 Å². The van der Waals surface area contributed by atoms with Crippen molar-refractivity contribution < 1.29 is 4.74 Å². The highest BCUT2D eigenvalue weighted by molar-refractivity contribution is 6.18. The Balaban J connectivity index is 2.82. The van der Waals surface area contributed by atoms with Crippen LogP contribution in [0.5, 0.6) is 5.75 Å². The molecule has 0 radical (unpaired) electrons. The fourth-order valence-corrected chi connectivity index (χ4v) is 0.953. The third-order valence-corrected chi connectivity index (χ3v) is 1.63. The molecule has 1 heterocycles. The van der Waals surface area contributed by atoms with Crippen molar-refractivity contribution in [2.24, 2.45) is 0 Å². The summed E-state index contributed by atoms with van der Waals surface area (Å²) in [5, 5.41) is 0. The van der Waals surface area contributed by atoms with Crippen LogP contribution in [0.4, 0.5) is 0 Å². The highest BCUT2D eigenvalue weighted by Gasteiger charge is 1.96. The first-order chi connectivity index (χ1) is 6.38. The number of methoxy groups -OCH3 is 1. The summed E-state index contributed by atoms with van der Waals surface area (Å²) in [4.78, 5) is 3.96. The van der Waals surface area contributed by atoms with E-state index in [0.29, 0.717) is 12.3 Å². The molecule has 0 saturated heterocycles. The largest absolute Gasteiger partial charge is 0.495 e. The first-order valence-corrected chi connectivity index (χ1v) is 4.44. The molecule has 0 aliphatic carbocycles. The lowest BCUT2D eigenvalue weighted by molar-refractivity contribution is 0.413. The Labute approximate surface area is 82.9 Å². The van der Waals surface area contributed by atoms with Crippen molar-refractivity contribution in [1.29, 1.82) is 0 Å². The monoisotopic (exact) mass is 195 g/mol. The van der Waals surface area contributed by atoms with E-state index in [9.17, 15) is 0 Å². The number of pyridine rings is 1. The highest BCUT2D eigenvalue weighted by Crippen LogP contribution is 2.13. The van der Waals surface area contributed by atoms with Gasteiger partial charge < -0.3 is 4.74 Å². The smallest absolute Gasteiger partial charge is 0.137 e. The molecule has 0 aliphatic rings. The van der Waals surface area contributed by atoms with Crippen molar-refractivity contribution in [1.82, 2.24) is 4.98 Å². The van der Waals surface area contributed by atoms with Crippen LogP contribution < -0.4 is 4.74 Å². The summed E-state index contributed by atoms with van der Waals surface area (Å²) in [6.07, 6.45) is 4.03. The van der Waals surface area contributed by atoms with E-state index in [1.165, 1.54) is 0 Å². The predicted molar refractivity (Wildman–Crippen MR) is 53.0 cm³/mol. The predicted octanol–water partition coefficient (Wildman–Crippen LogP) is 2.07. The molecule has 0 unspecified atom stereocenters. The first kappa shape index (κ1) is 9.88. The Bertz CT molecular complexity index is 327. The topological polar surface area (TPSA) is 22.1 Å². The van der Waals surface area contributed by atoms with E-state index in [1.54, 1.807) is 25.6 Å². The lowest BCUT2D eigenvalue weighted by atomic mass is 10.2. The molecule has 0 aromatic carbocycles. The van der Waals surface area contributed by atoms with E-state index in [1.807, 2.05) is 0 Å². The second-order valence-corrected chi connectivity index (χ2v) is 2.69. The summed E-state index contributed by atoms with van der Waals surface area (Å²) in [6, 6.07) is 1.78. The number of hydrogen-bond acceptors (Lipinski definition) is 2. The van der Waals surface area contributed by atoms with Gasteiger partial charge in [0.15, 0.2) is 0 Å². The minimum absolute atomic E-state index is 0.551. The third-order valence-electron chi connectivity index (χ3n) is 1.44. The van der Waals surface area contributed by atoms with Crippen LogP contribution in [0.1, 0.15) is 12.0 Å². The van der Waals surface area contributed by atoms with Crippen LogP contribution in [0.15, 0.2) is 18.5 Å². The second-order valence-electron chi connectivity index (χ2n) is 2.32. The van der Waals surface area contributed by atoms with Gasteiger partial charge in [-0.2, -0.15) is 0 Å². The third kappa shape index (κ3) is 2.96. The fraction of sp³-hybridized carbons (Fsp3) is 0.300. The van der Waals surface area contributed by atoms with E-state index in [0.717, 1.165) is 11.3 Å². The van der Waals surface area contributed by atoms with Gasteiger partial charge >= 0.3 is 0 Å². The summed E-state index contributed by atoms with van der Waals surface area (Å²) in [6.45, 7) is 0. The molecule has 1 rings (SSSR count). The van der Waals surface area contributed by atoms with E-state index in [4.69, 9.17) is 16.3 Å². The van der Waals surface area contributed by atoms with E-state index in [2.05, 4.69) is 16.8 Å². The molecule has 68 valence electrons. The normalized spacial score (nSPS) is 8.77. The molecular formula is C10H10ClNO. The van der Waals surface area contributed by atoms with Gasteiger partial charge in [0.05, 0.1) is 12.7 Å². The van der Waals surface area contributed by atoms with Crippen molar-refractivity contribution in [2.75, 3.05) is 13.0 Å². The van der Waals surface area contributed by atoms with Crippen LogP contribution in [0.25, 0.3) is 0 Å². The molecule has 0 fully saturated rings. The van der Waals surface area contributed by atoms with Crippen LogP contribution in [-0.2, 0) is 0 Å². The quantitative estimate of drug-likeness (QED) is 0.533. The minimum Gasteiger partial charge on any atom is -0.495 e. The molecule has 0 aliphatic heterocycles. The molecule has 0 bridgehead atoms. The molecule has 1 aromatic heterocycles. The summed E-state index contributed by atoms with van der Waals surface area (Å²) >= 11 is 5.49. The summed E-state index contributed by atoms with van der Waals surface area (Å²) in [5.41, 5.74) is 0.801. The molecule has 3 heteroatoms. The van der Waals surface area contributed by atoms with Crippen LogP contribution >= 0.6 is 11.6 Å². The maximum Gasteiger partial charge on any atom is 0.137 e. The molecular weight excluding hydrogens is 186 g/mol. The molecule has 1 aromatic rings. The van der Waals surface area contributed by atoms with Gasteiger partial charge in [0, 0.05) is 24.7 Å². The Kier molecular flexibility index (Phi) is 4.14. The minimum atomic E-state index is 0.551. The summed E-state index contributed by atoms with van der Waals surface area (Å²) in [5.74, 6) is 7.17. The summed E-state index contributed by atoms with van der Waals surface area (Å²) in [7, 11) is 1.61. The van der Waals surface area contributed by atoms with Crippen molar-refractivity contribution >= 4 is 11.6 Å². The Morgan fingerprint density at radius 3 is 3.15 bits per heavy atom. The molecule has 13 heavy (non-hydrogen) atoms. The number of rotatable bonds is 2. The van der Waals surface area contributed by atoms with Gasteiger partial charge in [-0.3, -0.25) is 4.98 Å². The average Bonchev–Trinajstić information content (AvgIpc) is 2.19. The molecule has 0 spiro atoms. The lowest BCUT2D eigenvalue weighted by Gasteiger charge is -1.99. The van der Waals surface area contributed by atoms with Gasteiger partial charge in [-0.1, -0.05) is 11.8 Å². The van der Waals surface area contributed by atoms with E-state index in [-0.39, 0.29) is 0 Å². The van der Waals surface area contributed by atoms with Gasteiger partial charge in [-0.25, -0.2) is 0 Å². The number of alkyl halides is 1. The number of aromatic nitrogens is 1. The Morgan fingerprint density at radius 1 is 1.62 bits per heavy atom. The van der Waals surface area contributed by atoms with Crippen LogP contribution in [0.2, 0.25) is 0 Å².